The third-order valence-corrected chi connectivity index (χ3v) is 1.59. The number of carbonyl (C=O) groups excluding carboxylic acids is 1. The first kappa shape index (κ1) is 13.3. The van der Waals surface area contributed by atoms with Gasteiger partial charge in [0, 0.05) is 6.61 Å². The molecule has 84 valence electrons. The number of halogens is 2. The summed E-state index contributed by atoms with van der Waals surface area (Å²) in [5, 5.41) is 0. The normalized spacial score (nSPS) is 14.2. The second-order valence-corrected chi connectivity index (χ2v) is 2.74. The van der Waals surface area contributed by atoms with Crippen LogP contribution in [0.15, 0.2) is 0 Å². The highest BCUT2D eigenvalue weighted by atomic mass is 19.3. The number of ether oxygens (including phenoxy) is 2. The Balaban J connectivity index is 0.000000500. The van der Waals surface area contributed by atoms with E-state index < -0.39 is 6.93 Å². The van der Waals surface area contributed by atoms with E-state index in [0.29, 0.717) is 19.8 Å². The Kier molecular flexibility index (Phi) is 8.42. The van der Waals surface area contributed by atoms with Gasteiger partial charge in [-0.15, -0.1) is 0 Å². The van der Waals surface area contributed by atoms with Crippen LogP contribution < -0.4 is 0 Å². The van der Waals surface area contributed by atoms with E-state index >= 15 is 0 Å². The SMILES string of the molecule is CCOCCOC(=O)C1CC1.FCF. The molecule has 14 heavy (non-hydrogen) atoms. The summed E-state index contributed by atoms with van der Waals surface area (Å²) in [5.41, 5.74) is 0. The number of alkyl halides is 2. The van der Waals surface area contributed by atoms with Crippen molar-refractivity contribution in [3.63, 3.8) is 0 Å². The highest BCUT2D eigenvalue weighted by Gasteiger charge is 2.30. The summed E-state index contributed by atoms with van der Waals surface area (Å²) in [7, 11) is 0. The van der Waals surface area contributed by atoms with E-state index in [4.69, 9.17) is 9.47 Å². The van der Waals surface area contributed by atoms with Gasteiger partial charge in [-0.05, 0) is 19.8 Å². The first-order valence-corrected chi connectivity index (χ1v) is 4.62. The van der Waals surface area contributed by atoms with E-state index in [9.17, 15) is 13.6 Å². The van der Waals surface area contributed by atoms with Crippen molar-refractivity contribution in [1.29, 1.82) is 0 Å². The van der Waals surface area contributed by atoms with Crippen molar-refractivity contribution in [2.45, 2.75) is 19.8 Å². The van der Waals surface area contributed by atoms with Crippen LogP contribution in [0.5, 0.6) is 0 Å². The summed E-state index contributed by atoms with van der Waals surface area (Å²) in [6.45, 7) is 1.78. The average molecular weight is 210 g/mol. The minimum Gasteiger partial charge on any atom is -0.463 e. The predicted molar refractivity (Wildman–Crippen MR) is 47.3 cm³/mol. The highest BCUT2D eigenvalue weighted by Crippen LogP contribution is 2.29. The summed E-state index contributed by atoms with van der Waals surface area (Å²) in [5.74, 6) is 0.154. The largest absolute Gasteiger partial charge is 0.463 e. The maximum Gasteiger partial charge on any atom is 0.309 e. The maximum absolute atomic E-state index is 10.9. The molecule has 0 radical (unpaired) electrons. The fourth-order valence-corrected chi connectivity index (χ4v) is 0.782. The summed E-state index contributed by atoms with van der Waals surface area (Å²) in [6, 6.07) is 0. The van der Waals surface area contributed by atoms with Crippen molar-refractivity contribution in [2.24, 2.45) is 5.92 Å². The molecule has 0 aliphatic heterocycles. The molecule has 0 aromatic rings. The van der Waals surface area contributed by atoms with Gasteiger partial charge in [0.2, 0.25) is 6.93 Å². The fraction of sp³-hybridized carbons (Fsp3) is 0.889. The fourth-order valence-electron chi connectivity index (χ4n) is 0.782. The molecule has 1 aliphatic carbocycles. The highest BCUT2D eigenvalue weighted by molar-refractivity contribution is 5.74. The number of rotatable bonds is 5. The minimum atomic E-state index is -1.75. The van der Waals surface area contributed by atoms with Gasteiger partial charge in [-0.1, -0.05) is 0 Å². The molecule has 0 amide bonds. The molecular formula is C9H16F2O3. The lowest BCUT2D eigenvalue weighted by Gasteiger charge is -2.02. The molecule has 0 heterocycles. The molecule has 0 saturated heterocycles. The molecule has 0 spiro atoms. The zero-order chi connectivity index (χ0) is 10.8. The molecule has 0 N–H and O–H groups in total. The van der Waals surface area contributed by atoms with Crippen LogP contribution in [-0.2, 0) is 14.3 Å². The predicted octanol–water partition coefficient (Wildman–Crippen LogP) is 1.86. The average Bonchev–Trinajstić information content (AvgIpc) is 2.96. The Morgan fingerprint density at radius 3 is 2.36 bits per heavy atom. The molecular weight excluding hydrogens is 194 g/mol. The lowest BCUT2D eigenvalue weighted by molar-refractivity contribution is -0.146. The monoisotopic (exact) mass is 210 g/mol. The Morgan fingerprint density at radius 1 is 1.36 bits per heavy atom. The molecule has 0 aromatic carbocycles. The van der Waals surface area contributed by atoms with Gasteiger partial charge in [0.15, 0.2) is 0 Å². The van der Waals surface area contributed by atoms with Crippen LogP contribution in [0, 0.1) is 5.92 Å². The maximum atomic E-state index is 10.9. The summed E-state index contributed by atoms with van der Waals surface area (Å²) >= 11 is 0. The molecule has 1 aliphatic rings. The molecule has 0 unspecified atom stereocenters. The number of esters is 1. The standard InChI is InChI=1S/C8H14O3.CH2F2/c1-2-10-5-6-11-8(9)7-3-4-7;2-1-3/h7H,2-6H2,1H3;1H2. The zero-order valence-electron chi connectivity index (χ0n) is 8.30. The second-order valence-electron chi connectivity index (χ2n) is 2.74. The van der Waals surface area contributed by atoms with E-state index in [2.05, 4.69) is 0 Å². The summed E-state index contributed by atoms with van der Waals surface area (Å²) in [6.07, 6.45) is 2.01. The van der Waals surface area contributed by atoms with E-state index in [-0.39, 0.29) is 11.9 Å². The summed E-state index contributed by atoms with van der Waals surface area (Å²) < 4.78 is 29.2. The van der Waals surface area contributed by atoms with Crippen molar-refractivity contribution < 1.29 is 23.0 Å². The lowest BCUT2D eigenvalue weighted by atomic mass is 10.4. The van der Waals surface area contributed by atoms with Crippen molar-refractivity contribution in [1.82, 2.24) is 0 Å². The molecule has 1 saturated carbocycles. The quantitative estimate of drug-likeness (QED) is 0.513. The molecule has 5 heteroatoms. The van der Waals surface area contributed by atoms with Gasteiger partial charge < -0.3 is 9.47 Å². The molecule has 3 nitrogen and oxygen atoms in total. The summed E-state index contributed by atoms with van der Waals surface area (Å²) in [4.78, 5) is 10.9. The van der Waals surface area contributed by atoms with Crippen LogP contribution in [0.2, 0.25) is 0 Å². The number of hydrogen-bond donors (Lipinski definition) is 0. The van der Waals surface area contributed by atoms with Gasteiger partial charge in [-0.25, -0.2) is 8.78 Å². The Hall–Kier alpha value is -0.710. The van der Waals surface area contributed by atoms with E-state index in [1.807, 2.05) is 6.92 Å². The van der Waals surface area contributed by atoms with Crippen molar-refractivity contribution >= 4 is 5.97 Å². The molecule has 1 rings (SSSR count). The first-order valence-electron chi connectivity index (χ1n) is 4.62. The Labute approximate surface area is 82.4 Å². The van der Waals surface area contributed by atoms with Gasteiger partial charge in [0.1, 0.15) is 6.61 Å². The van der Waals surface area contributed by atoms with Crippen LogP contribution in [0.25, 0.3) is 0 Å². The smallest absolute Gasteiger partial charge is 0.309 e. The zero-order valence-corrected chi connectivity index (χ0v) is 8.30. The van der Waals surface area contributed by atoms with Crippen LogP contribution in [-0.4, -0.2) is 32.7 Å². The number of carbonyl (C=O) groups is 1. The van der Waals surface area contributed by atoms with Crippen molar-refractivity contribution in [3.05, 3.63) is 0 Å². The first-order chi connectivity index (χ1) is 6.76. The molecule has 0 aromatic heterocycles. The van der Waals surface area contributed by atoms with Gasteiger partial charge in [0.05, 0.1) is 12.5 Å². The van der Waals surface area contributed by atoms with Crippen molar-refractivity contribution in [2.75, 3.05) is 26.7 Å². The van der Waals surface area contributed by atoms with Crippen LogP contribution in [0.1, 0.15) is 19.8 Å². The van der Waals surface area contributed by atoms with E-state index in [1.165, 1.54) is 0 Å². The van der Waals surface area contributed by atoms with E-state index in [0.717, 1.165) is 12.8 Å². The third-order valence-electron chi connectivity index (χ3n) is 1.59. The Bertz CT molecular complexity index is 149. The number of hydrogen-bond acceptors (Lipinski definition) is 3. The van der Waals surface area contributed by atoms with Gasteiger partial charge in [-0.3, -0.25) is 4.79 Å². The van der Waals surface area contributed by atoms with Crippen LogP contribution in [0.4, 0.5) is 8.78 Å². The van der Waals surface area contributed by atoms with E-state index in [1.54, 1.807) is 0 Å². The molecule has 0 bridgehead atoms. The van der Waals surface area contributed by atoms with Crippen LogP contribution in [0.3, 0.4) is 0 Å². The van der Waals surface area contributed by atoms with Gasteiger partial charge in [0.25, 0.3) is 0 Å². The molecule has 1 fully saturated rings. The third kappa shape index (κ3) is 7.91. The lowest BCUT2D eigenvalue weighted by Crippen LogP contribution is -2.11. The Morgan fingerprint density at radius 2 is 1.93 bits per heavy atom. The van der Waals surface area contributed by atoms with Crippen LogP contribution >= 0.6 is 0 Å². The van der Waals surface area contributed by atoms with Gasteiger partial charge >= 0.3 is 5.97 Å². The molecule has 0 atom stereocenters. The topological polar surface area (TPSA) is 35.5 Å². The second kappa shape index (κ2) is 8.87. The van der Waals surface area contributed by atoms with Gasteiger partial charge in [-0.2, -0.15) is 0 Å². The minimum absolute atomic E-state index is 0.0512. The van der Waals surface area contributed by atoms with Crippen molar-refractivity contribution in [3.8, 4) is 0 Å².